The van der Waals surface area contributed by atoms with Crippen LogP contribution in [0.1, 0.15) is 28.9 Å². The quantitative estimate of drug-likeness (QED) is 0.811. The fourth-order valence-corrected chi connectivity index (χ4v) is 4.15. The lowest BCUT2D eigenvalue weighted by molar-refractivity contribution is -0.135. The van der Waals surface area contributed by atoms with Gasteiger partial charge in [0.1, 0.15) is 0 Å². The fourth-order valence-electron chi connectivity index (χ4n) is 4.00. The van der Waals surface area contributed by atoms with Crippen LogP contribution in [0.4, 0.5) is 5.69 Å². The molecule has 0 aromatic carbocycles. The number of hydrogen-bond acceptors (Lipinski definition) is 5. The second-order valence-electron chi connectivity index (χ2n) is 7.25. The number of ether oxygens (including phenoxy) is 1. The summed E-state index contributed by atoms with van der Waals surface area (Å²) in [5, 5.41) is 0.710. The maximum atomic E-state index is 13.1. The molecule has 0 spiro atoms. The molecule has 142 valence electrons. The van der Waals surface area contributed by atoms with E-state index < -0.39 is 0 Å². The second kappa shape index (κ2) is 7.00. The van der Waals surface area contributed by atoms with E-state index in [4.69, 9.17) is 16.3 Å². The van der Waals surface area contributed by atoms with Crippen LogP contribution < -0.4 is 9.64 Å². The Labute approximate surface area is 164 Å². The van der Waals surface area contributed by atoms with Gasteiger partial charge in [0.15, 0.2) is 0 Å². The Kier molecular flexibility index (Phi) is 4.68. The molecule has 2 aromatic heterocycles. The summed E-state index contributed by atoms with van der Waals surface area (Å²) in [5.74, 6) is 0.792. The number of anilines is 1. The number of pyridine rings is 2. The molecule has 1 fully saturated rings. The number of halogens is 1. The van der Waals surface area contributed by atoms with Gasteiger partial charge in [0.25, 0.3) is 0 Å². The molecular formula is C20H23ClN4O2. The highest BCUT2D eigenvalue weighted by Crippen LogP contribution is 2.33. The van der Waals surface area contributed by atoms with Gasteiger partial charge in [0.05, 0.1) is 47.9 Å². The zero-order valence-corrected chi connectivity index (χ0v) is 16.6. The van der Waals surface area contributed by atoms with Gasteiger partial charge in [-0.1, -0.05) is 11.6 Å². The Hall–Kier alpha value is -2.34. The topological polar surface area (TPSA) is 58.6 Å². The molecule has 2 aliphatic heterocycles. The van der Waals surface area contributed by atoms with E-state index in [1.165, 1.54) is 0 Å². The molecule has 6 nitrogen and oxygen atoms in total. The fraction of sp³-hybridized carbons (Fsp3) is 0.450. The van der Waals surface area contributed by atoms with Crippen molar-refractivity contribution < 1.29 is 9.53 Å². The molecular weight excluding hydrogens is 364 g/mol. The first kappa shape index (κ1) is 18.0. The van der Waals surface area contributed by atoms with Crippen molar-refractivity contribution in [2.45, 2.75) is 33.4 Å². The molecule has 2 aliphatic rings. The largest absolute Gasteiger partial charge is 0.481 e. The number of amides is 1. The van der Waals surface area contributed by atoms with Crippen LogP contribution in [0.5, 0.6) is 5.88 Å². The van der Waals surface area contributed by atoms with E-state index in [2.05, 4.69) is 14.9 Å². The van der Waals surface area contributed by atoms with Crippen LogP contribution in [0.3, 0.4) is 0 Å². The predicted octanol–water partition coefficient (Wildman–Crippen LogP) is 3.12. The highest BCUT2D eigenvalue weighted by atomic mass is 35.5. The Bertz CT molecular complexity index is 885. The molecule has 0 unspecified atom stereocenters. The standard InChI is InChI=1S/C20H23ClN4O2/c1-12-16-10-25(11-17(16)23-13(2)19(12)21)20(26)14-6-7-24(9-14)15-4-5-18(27-3)22-8-15/h4-5,8,14H,6-7,9-11H2,1-3H3/t14-/m1/s1. The number of aromatic nitrogens is 2. The van der Waals surface area contributed by atoms with Crippen LogP contribution in [0.2, 0.25) is 5.02 Å². The first-order valence-corrected chi connectivity index (χ1v) is 9.54. The van der Waals surface area contributed by atoms with Gasteiger partial charge in [-0.25, -0.2) is 4.98 Å². The molecule has 4 heterocycles. The predicted molar refractivity (Wildman–Crippen MR) is 104 cm³/mol. The van der Waals surface area contributed by atoms with E-state index in [0.717, 1.165) is 41.2 Å². The maximum Gasteiger partial charge on any atom is 0.228 e. The number of rotatable bonds is 3. The van der Waals surface area contributed by atoms with Gasteiger partial charge in [0, 0.05) is 25.7 Å². The molecule has 4 rings (SSSR count). The van der Waals surface area contributed by atoms with Gasteiger partial charge in [-0.15, -0.1) is 0 Å². The van der Waals surface area contributed by atoms with E-state index in [1.807, 2.05) is 30.9 Å². The van der Waals surface area contributed by atoms with Crippen LogP contribution >= 0.6 is 11.6 Å². The Morgan fingerprint density at radius 1 is 1.30 bits per heavy atom. The van der Waals surface area contributed by atoms with E-state index in [1.54, 1.807) is 13.3 Å². The van der Waals surface area contributed by atoms with Crippen LogP contribution in [-0.2, 0) is 17.9 Å². The average Bonchev–Trinajstić information content (AvgIpc) is 3.33. The molecule has 0 radical (unpaired) electrons. The lowest BCUT2D eigenvalue weighted by Crippen LogP contribution is -2.34. The van der Waals surface area contributed by atoms with Crippen molar-refractivity contribution in [3.8, 4) is 5.88 Å². The zero-order valence-electron chi connectivity index (χ0n) is 15.8. The summed E-state index contributed by atoms with van der Waals surface area (Å²) in [6.45, 7) is 6.68. The summed E-state index contributed by atoms with van der Waals surface area (Å²) in [5.41, 5.74) is 4.99. The van der Waals surface area contributed by atoms with Crippen LogP contribution in [0, 0.1) is 19.8 Å². The average molecular weight is 387 g/mol. The number of hydrogen-bond donors (Lipinski definition) is 0. The van der Waals surface area contributed by atoms with Gasteiger partial charge in [-0.3, -0.25) is 9.78 Å². The Morgan fingerprint density at radius 2 is 2.11 bits per heavy atom. The monoisotopic (exact) mass is 386 g/mol. The number of methoxy groups -OCH3 is 1. The second-order valence-corrected chi connectivity index (χ2v) is 7.62. The number of aryl methyl sites for hydroxylation is 1. The van der Waals surface area contributed by atoms with Crippen molar-refractivity contribution in [3.63, 3.8) is 0 Å². The Balaban J connectivity index is 1.44. The summed E-state index contributed by atoms with van der Waals surface area (Å²) >= 11 is 6.34. The van der Waals surface area contributed by atoms with Crippen molar-refractivity contribution >= 4 is 23.2 Å². The minimum absolute atomic E-state index is 0.00158. The van der Waals surface area contributed by atoms with E-state index in [9.17, 15) is 4.79 Å². The van der Waals surface area contributed by atoms with Gasteiger partial charge in [-0.2, -0.15) is 0 Å². The molecule has 2 aromatic rings. The first-order chi connectivity index (χ1) is 13.0. The third kappa shape index (κ3) is 3.23. The summed E-state index contributed by atoms with van der Waals surface area (Å²) in [7, 11) is 1.60. The zero-order chi connectivity index (χ0) is 19.1. The number of nitrogens with zero attached hydrogens (tertiary/aromatic N) is 4. The minimum Gasteiger partial charge on any atom is -0.481 e. The lowest BCUT2D eigenvalue weighted by atomic mass is 10.1. The third-order valence-corrected chi connectivity index (χ3v) is 6.14. The summed E-state index contributed by atoms with van der Waals surface area (Å²) in [4.78, 5) is 26.1. The normalized spacial score (nSPS) is 18.7. The minimum atomic E-state index is -0.00158. The van der Waals surface area contributed by atoms with Gasteiger partial charge in [0.2, 0.25) is 11.8 Å². The molecule has 1 saturated heterocycles. The summed E-state index contributed by atoms with van der Waals surface area (Å²) < 4.78 is 5.11. The molecule has 0 aliphatic carbocycles. The van der Waals surface area contributed by atoms with Gasteiger partial charge < -0.3 is 14.5 Å². The molecule has 0 N–H and O–H groups in total. The highest BCUT2D eigenvalue weighted by Gasteiger charge is 2.35. The van der Waals surface area contributed by atoms with Crippen LogP contribution in [0.15, 0.2) is 18.3 Å². The van der Waals surface area contributed by atoms with Crippen molar-refractivity contribution in [3.05, 3.63) is 45.9 Å². The van der Waals surface area contributed by atoms with Crippen molar-refractivity contribution in [1.29, 1.82) is 0 Å². The SMILES string of the molecule is COc1ccc(N2CC[C@@H](C(=O)N3Cc4nc(C)c(Cl)c(C)c4C3)C2)cn1. The van der Waals surface area contributed by atoms with Gasteiger partial charge in [-0.05, 0) is 37.5 Å². The van der Waals surface area contributed by atoms with Gasteiger partial charge >= 0.3 is 0 Å². The smallest absolute Gasteiger partial charge is 0.228 e. The molecule has 1 atom stereocenters. The molecule has 0 saturated carbocycles. The van der Waals surface area contributed by atoms with Crippen LogP contribution in [0.25, 0.3) is 0 Å². The van der Waals surface area contributed by atoms with Crippen molar-refractivity contribution in [2.75, 3.05) is 25.1 Å². The van der Waals surface area contributed by atoms with E-state index in [-0.39, 0.29) is 11.8 Å². The number of carbonyl (C=O) groups is 1. The Morgan fingerprint density at radius 3 is 2.81 bits per heavy atom. The third-order valence-electron chi connectivity index (χ3n) is 5.58. The molecule has 27 heavy (non-hydrogen) atoms. The van der Waals surface area contributed by atoms with Crippen LogP contribution in [-0.4, -0.2) is 41.0 Å². The van der Waals surface area contributed by atoms with Crippen molar-refractivity contribution in [1.82, 2.24) is 14.9 Å². The molecule has 0 bridgehead atoms. The number of fused-ring (bicyclic) bond motifs is 1. The van der Waals surface area contributed by atoms with Crippen molar-refractivity contribution in [2.24, 2.45) is 5.92 Å². The highest BCUT2D eigenvalue weighted by molar-refractivity contribution is 6.32. The maximum absolute atomic E-state index is 13.1. The number of carbonyl (C=O) groups excluding carboxylic acids is 1. The van der Waals surface area contributed by atoms with E-state index in [0.29, 0.717) is 30.5 Å². The molecule has 7 heteroatoms. The summed E-state index contributed by atoms with van der Waals surface area (Å²) in [6, 6.07) is 3.84. The lowest BCUT2D eigenvalue weighted by Gasteiger charge is -2.21. The molecule has 1 amide bonds. The summed E-state index contributed by atoms with van der Waals surface area (Å²) in [6.07, 6.45) is 2.65. The van der Waals surface area contributed by atoms with E-state index >= 15 is 0 Å². The first-order valence-electron chi connectivity index (χ1n) is 9.16.